The third kappa shape index (κ3) is 5.05. The molecule has 1 N–H and O–H groups in total. The van der Waals surface area contributed by atoms with E-state index < -0.39 is 10.0 Å². The minimum atomic E-state index is -3.93. The van der Waals surface area contributed by atoms with Crippen molar-refractivity contribution in [1.29, 1.82) is 0 Å². The normalized spacial score (nSPS) is 10.8. The first-order valence-electron chi connectivity index (χ1n) is 10.1. The van der Waals surface area contributed by atoms with Gasteiger partial charge in [0.15, 0.2) is 0 Å². The summed E-state index contributed by atoms with van der Waals surface area (Å²) < 4.78 is 29.1. The molecule has 4 nitrogen and oxygen atoms in total. The van der Waals surface area contributed by atoms with Gasteiger partial charge in [0.1, 0.15) is 5.75 Å². The van der Waals surface area contributed by atoms with Crippen LogP contribution in [0.4, 0.5) is 5.69 Å². The standard InChI is InChI=1S/C27H20INO3S/c1-20-10-14-23(15-11-20)29(33(31,32)24-16-12-22(28)13-17-24)19-18-21-6-2-3-7-25(21)26-8-4-5-9-27(26)30/h2-17,30H,1H3. The van der Waals surface area contributed by atoms with Crippen LogP contribution < -0.4 is 4.31 Å². The zero-order chi connectivity index (χ0) is 23.4. The molecular weight excluding hydrogens is 545 g/mol. The summed E-state index contributed by atoms with van der Waals surface area (Å²) in [7, 11) is -3.93. The molecule has 0 fully saturated rings. The van der Waals surface area contributed by atoms with E-state index in [0.717, 1.165) is 19.0 Å². The minimum absolute atomic E-state index is 0.133. The van der Waals surface area contributed by atoms with Gasteiger partial charge >= 0.3 is 0 Å². The third-order valence-electron chi connectivity index (χ3n) is 5.03. The van der Waals surface area contributed by atoms with E-state index in [4.69, 9.17) is 0 Å². The van der Waals surface area contributed by atoms with Crippen LogP contribution in [-0.4, -0.2) is 13.5 Å². The number of aryl methyl sites for hydroxylation is 1. The number of benzene rings is 4. The van der Waals surface area contributed by atoms with Crippen LogP contribution in [-0.2, 0) is 10.0 Å². The molecule has 0 unspecified atom stereocenters. The zero-order valence-corrected chi connectivity index (χ0v) is 20.7. The van der Waals surface area contributed by atoms with Crippen molar-refractivity contribution < 1.29 is 13.5 Å². The number of halogens is 1. The molecule has 0 saturated heterocycles. The first-order chi connectivity index (χ1) is 15.9. The fourth-order valence-corrected chi connectivity index (χ4v) is 4.91. The molecule has 33 heavy (non-hydrogen) atoms. The molecule has 0 saturated carbocycles. The van der Waals surface area contributed by atoms with E-state index in [9.17, 15) is 13.5 Å². The summed E-state index contributed by atoms with van der Waals surface area (Å²) in [6, 6.07) is 31.0. The predicted octanol–water partition coefficient (Wildman–Crippen LogP) is 6.18. The van der Waals surface area contributed by atoms with Crippen LogP contribution >= 0.6 is 22.6 Å². The monoisotopic (exact) mass is 565 g/mol. The molecule has 0 radical (unpaired) electrons. The molecule has 0 aliphatic rings. The maximum atomic E-state index is 13.5. The summed E-state index contributed by atoms with van der Waals surface area (Å²) in [5.74, 6) is 3.16. The van der Waals surface area contributed by atoms with Crippen molar-refractivity contribution in [3.05, 3.63) is 112 Å². The summed E-state index contributed by atoms with van der Waals surface area (Å²) in [6.07, 6.45) is 0. The minimum Gasteiger partial charge on any atom is -0.507 e. The van der Waals surface area contributed by atoms with E-state index in [-0.39, 0.29) is 10.6 Å². The molecule has 4 rings (SSSR count). The van der Waals surface area contributed by atoms with E-state index in [2.05, 4.69) is 34.6 Å². The maximum Gasteiger partial charge on any atom is 0.275 e. The second-order valence-electron chi connectivity index (χ2n) is 7.36. The lowest BCUT2D eigenvalue weighted by molar-refractivity contribution is 0.477. The van der Waals surface area contributed by atoms with Crippen LogP contribution in [0.1, 0.15) is 11.1 Å². The molecule has 4 aromatic rings. The van der Waals surface area contributed by atoms with Crippen molar-refractivity contribution in [3.8, 4) is 28.8 Å². The lowest BCUT2D eigenvalue weighted by Crippen LogP contribution is -2.26. The van der Waals surface area contributed by atoms with E-state index in [0.29, 0.717) is 16.8 Å². The Morgan fingerprint density at radius 3 is 2.06 bits per heavy atom. The fourth-order valence-electron chi connectivity index (χ4n) is 3.29. The molecule has 4 aromatic carbocycles. The summed E-state index contributed by atoms with van der Waals surface area (Å²) in [6.45, 7) is 1.94. The number of hydrogen-bond donors (Lipinski definition) is 1. The van der Waals surface area contributed by atoms with Crippen molar-refractivity contribution in [3.63, 3.8) is 0 Å². The Balaban J connectivity index is 1.85. The summed E-state index contributed by atoms with van der Waals surface area (Å²) >= 11 is 2.14. The van der Waals surface area contributed by atoms with E-state index in [1.165, 1.54) is 0 Å². The molecule has 6 heteroatoms. The van der Waals surface area contributed by atoms with Crippen molar-refractivity contribution in [2.75, 3.05) is 4.31 Å². The number of rotatable bonds is 4. The van der Waals surface area contributed by atoms with Gasteiger partial charge in [-0.05, 0) is 84.0 Å². The number of phenols is 1. The van der Waals surface area contributed by atoms with E-state index in [1.54, 1.807) is 60.7 Å². The first-order valence-corrected chi connectivity index (χ1v) is 12.6. The Morgan fingerprint density at radius 1 is 0.788 bits per heavy atom. The second kappa shape index (κ2) is 9.69. The van der Waals surface area contributed by atoms with E-state index >= 15 is 0 Å². The van der Waals surface area contributed by atoms with Gasteiger partial charge < -0.3 is 5.11 Å². The van der Waals surface area contributed by atoms with Crippen molar-refractivity contribution in [2.24, 2.45) is 0 Å². The van der Waals surface area contributed by atoms with Crippen LogP contribution in [0.25, 0.3) is 11.1 Å². The summed E-state index contributed by atoms with van der Waals surface area (Å²) in [5.41, 5.74) is 3.42. The predicted molar refractivity (Wildman–Crippen MR) is 140 cm³/mol. The molecule has 0 aromatic heterocycles. The van der Waals surface area contributed by atoms with Gasteiger partial charge in [0, 0.05) is 26.3 Å². The van der Waals surface area contributed by atoms with Crippen molar-refractivity contribution >= 4 is 38.3 Å². The average Bonchev–Trinajstić information content (AvgIpc) is 2.81. The Hall–Kier alpha value is -3.28. The first kappa shape index (κ1) is 22.9. The van der Waals surface area contributed by atoms with Gasteiger partial charge in [-0.15, -0.1) is 0 Å². The smallest absolute Gasteiger partial charge is 0.275 e. The molecule has 164 valence electrons. The van der Waals surface area contributed by atoms with Gasteiger partial charge in [-0.3, -0.25) is 0 Å². The summed E-state index contributed by atoms with van der Waals surface area (Å²) in [5, 5.41) is 10.3. The largest absolute Gasteiger partial charge is 0.507 e. The highest BCUT2D eigenvalue weighted by Gasteiger charge is 2.24. The molecule has 0 bridgehead atoms. The lowest BCUT2D eigenvalue weighted by atomic mass is 9.99. The average molecular weight is 565 g/mol. The van der Waals surface area contributed by atoms with Gasteiger partial charge in [0.2, 0.25) is 0 Å². The number of aromatic hydroxyl groups is 1. The zero-order valence-electron chi connectivity index (χ0n) is 17.7. The molecule has 0 amide bonds. The van der Waals surface area contributed by atoms with Crippen LogP contribution in [0.3, 0.4) is 0 Å². The number of para-hydroxylation sites is 1. The van der Waals surface area contributed by atoms with E-state index in [1.807, 2.05) is 43.3 Å². The Morgan fingerprint density at radius 2 is 1.39 bits per heavy atom. The van der Waals surface area contributed by atoms with Crippen LogP contribution in [0.2, 0.25) is 0 Å². The van der Waals surface area contributed by atoms with Crippen molar-refractivity contribution in [2.45, 2.75) is 11.8 Å². The molecule has 0 atom stereocenters. The van der Waals surface area contributed by atoms with Gasteiger partial charge in [-0.2, -0.15) is 4.31 Å². The van der Waals surface area contributed by atoms with Gasteiger partial charge in [0.25, 0.3) is 10.0 Å². The molecule has 0 aliphatic heterocycles. The van der Waals surface area contributed by atoms with Gasteiger partial charge in [-0.25, -0.2) is 8.42 Å². The highest BCUT2D eigenvalue weighted by molar-refractivity contribution is 14.1. The number of anilines is 1. The molecule has 0 spiro atoms. The second-order valence-corrected chi connectivity index (χ2v) is 10.4. The quantitative estimate of drug-likeness (QED) is 0.183. The SMILES string of the molecule is Cc1ccc(N(C#Cc2ccccc2-c2ccccc2O)S(=O)(=O)c2ccc(I)cc2)cc1. The number of nitrogens with zero attached hydrogens (tertiary/aromatic N) is 1. The highest BCUT2D eigenvalue weighted by atomic mass is 127. The van der Waals surface area contributed by atoms with Crippen molar-refractivity contribution in [1.82, 2.24) is 0 Å². The number of sulfonamides is 1. The highest BCUT2D eigenvalue weighted by Crippen LogP contribution is 2.31. The topological polar surface area (TPSA) is 57.6 Å². The molecular formula is C27H20INO3S. The van der Waals surface area contributed by atoms with Crippen LogP contribution in [0.5, 0.6) is 5.75 Å². The number of phenolic OH excluding ortho intramolecular Hbond substituents is 1. The Bertz CT molecular complexity index is 1450. The molecule has 0 heterocycles. The maximum absolute atomic E-state index is 13.5. The molecule has 0 aliphatic carbocycles. The fraction of sp³-hybridized carbons (Fsp3) is 0.0370. The third-order valence-corrected chi connectivity index (χ3v) is 7.40. The Labute approximate surface area is 207 Å². The number of hydrogen-bond acceptors (Lipinski definition) is 3. The lowest BCUT2D eigenvalue weighted by Gasteiger charge is -2.18. The van der Waals surface area contributed by atoms with Crippen LogP contribution in [0, 0.1) is 22.5 Å². The van der Waals surface area contributed by atoms with Gasteiger partial charge in [-0.1, -0.05) is 54.1 Å². The van der Waals surface area contributed by atoms with Gasteiger partial charge in [0.05, 0.1) is 10.6 Å². The Kier molecular flexibility index (Phi) is 6.72. The van der Waals surface area contributed by atoms with Crippen LogP contribution in [0.15, 0.2) is 102 Å². The summed E-state index contributed by atoms with van der Waals surface area (Å²) in [4.78, 5) is 0.159.